The van der Waals surface area contributed by atoms with Crippen LogP contribution >= 0.6 is 0 Å². The summed E-state index contributed by atoms with van der Waals surface area (Å²) in [5.41, 5.74) is 3.11. The molecule has 0 saturated carbocycles. The Kier molecular flexibility index (Phi) is 10.6. The molecule has 1 aliphatic rings. The van der Waals surface area contributed by atoms with Crippen molar-refractivity contribution in [1.29, 1.82) is 0 Å². The first-order valence-electron chi connectivity index (χ1n) is 12.4. The number of hydrogen-bond donors (Lipinski definition) is 0. The highest BCUT2D eigenvalue weighted by Crippen LogP contribution is 2.33. The lowest BCUT2D eigenvalue weighted by molar-refractivity contribution is -0.349. The maximum Gasteiger partial charge on any atom is 0.186 e. The van der Waals surface area contributed by atoms with Gasteiger partial charge in [-0.25, -0.2) is 0 Å². The summed E-state index contributed by atoms with van der Waals surface area (Å²) >= 11 is 0. The van der Waals surface area contributed by atoms with Crippen molar-refractivity contribution in [3.8, 4) is 0 Å². The van der Waals surface area contributed by atoms with Gasteiger partial charge in [0.2, 0.25) is 0 Å². The predicted octanol–water partition coefficient (Wildman–Crippen LogP) is 4.73. The van der Waals surface area contributed by atoms with E-state index in [1.165, 1.54) is 0 Å². The van der Waals surface area contributed by atoms with E-state index in [1.807, 2.05) is 91.0 Å². The molecule has 0 bridgehead atoms. The molecule has 0 aliphatic carbocycles. The van der Waals surface area contributed by atoms with E-state index in [1.54, 1.807) is 21.3 Å². The topological polar surface area (TPSA) is 64.6 Å². The third kappa shape index (κ3) is 7.46. The van der Waals surface area contributed by atoms with E-state index in [2.05, 4.69) is 0 Å². The number of hydrogen-bond acceptors (Lipinski definition) is 7. The fraction of sp³-hybridized carbons (Fsp3) is 0.400. The Hall–Kier alpha value is -2.62. The molecule has 7 heteroatoms. The maximum atomic E-state index is 6.55. The van der Waals surface area contributed by atoms with Crippen LogP contribution in [0.2, 0.25) is 0 Å². The Balaban J connectivity index is 1.63. The lowest BCUT2D eigenvalue weighted by Gasteiger charge is -2.47. The minimum Gasteiger partial charge on any atom is -0.368 e. The Morgan fingerprint density at radius 2 is 0.973 bits per heavy atom. The van der Waals surface area contributed by atoms with Gasteiger partial charge in [0.25, 0.3) is 0 Å². The smallest absolute Gasteiger partial charge is 0.186 e. The molecule has 0 amide bonds. The third-order valence-electron chi connectivity index (χ3n) is 6.35. The zero-order chi connectivity index (χ0) is 25.9. The average Bonchev–Trinajstić information content (AvgIpc) is 2.96. The molecule has 37 heavy (non-hydrogen) atoms. The highest BCUT2D eigenvalue weighted by molar-refractivity contribution is 5.15. The van der Waals surface area contributed by atoms with Crippen molar-refractivity contribution < 1.29 is 33.2 Å². The largest absolute Gasteiger partial charge is 0.368 e. The Morgan fingerprint density at radius 1 is 0.568 bits per heavy atom. The molecule has 0 radical (unpaired) electrons. The molecule has 1 aliphatic heterocycles. The summed E-state index contributed by atoms with van der Waals surface area (Å²) in [6.45, 7) is 1.10. The van der Waals surface area contributed by atoms with Crippen LogP contribution in [0.1, 0.15) is 16.7 Å². The summed E-state index contributed by atoms with van der Waals surface area (Å²) in [5.74, 6) is 0. The van der Waals surface area contributed by atoms with Gasteiger partial charge in [0.15, 0.2) is 12.6 Å². The molecule has 4 rings (SSSR count). The SMILES string of the molecule is COC(OC)[C@H]1O[C@H](OC)[C@H](OCc2ccccc2)[C@@H](OCc2ccccc2)[C@@H]1OCc1ccccc1. The van der Waals surface area contributed by atoms with Crippen LogP contribution in [-0.2, 0) is 53.0 Å². The van der Waals surface area contributed by atoms with Gasteiger partial charge in [-0.1, -0.05) is 91.0 Å². The monoisotopic (exact) mass is 508 g/mol. The van der Waals surface area contributed by atoms with Crippen LogP contribution in [0.4, 0.5) is 0 Å². The van der Waals surface area contributed by atoms with Crippen LogP contribution in [0, 0.1) is 0 Å². The van der Waals surface area contributed by atoms with Gasteiger partial charge in [-0.2, -0.15) is 0 Å². The van der Waals surface area contributed by atoms with Crippen molar-refractivity contribution in [3.63, 3.8) is 0 Å². The summed E-state index contributed by atoms with van der Waals surface area (Å²) in [7, 11) is 4.74. The van der Waals surface area contributed by atoms with E-state index < -0.39 is 37.0 Å². The Labute approximate surface area is 219 Å². The molecule has 1 fully saturated rings. The van der Waals surface area contributed by atoms with E-state index in [0.29, 0.717) is 19.8 Å². The minimum atomic E-state index is -0.723. The zero-order valence-corrected chi connectivity index (χ0v) is 21.6. The molecule has 0 aromatic heterocycles. The Bertz CT molecular complexity index is 1010. The van der Waals surface area contributed by atoms with Gasteiger partial charge < -0.3 is 33.2 Å². The predicted molar refractivity (Wildman–Crippen MR) is 139 cm³/mol. The van der Waals surface area contributed by atoms with Crippen LogP contribution in [0.3, 0.4) is 0 Å². The van der Waals surface area contributed by atoms with E-state index in [0.717, 1.165) is 16.7 Å². The molecular weight excluding hydrogens is 472 g/mol. The van der Waals surface area contributed by atoms with E-state index >= 15 is 0 Å². The molecule has 1 saturated heterocycles. The van der Waals surface area contributed by atoms with Gasteiger partial charge in [-0.3, -0.25) is 0 Å². The molecule has 3 aromatic carbocycles. The maximum absolute atomic E-state index is 6.55. The van der Waals surface area contributed by atoms with Gasteiger partial charge in [0, 0.05) is 21.3 Å². The molecule has 5 atom stereocenters. The van der Waals surface area contributed by atoms with Gasteiger partial charge >= 0.3 is 0 Å². The van der Waals surface area contributed by atoms with Crippen molar-refractivity contribution in [3.05, 3.63) is 108 Å². The third-order valence-corrected chi connectivity index (χ3v) is 6.35. The molecule has 7 nitrogen and oxygen atoms in total. The lowest BCUT2D eigenvalue weighted by atomic mass is 9.97. The molecule has 0 unspecified atom stereocenters. The van der Waals surface area contributed by atoms with E-state index in [4.69, 9.17) is 33.2 Å². The summed E-state index contributed by atoms with van der Waals surface area (Å²) < 4.78 is 42.8. The van der Waals surface area contributed by atoms with Crippen molar-refractivity contribution in [1.82, 2.24) is 0 Å². The highest BCUT2D eigenvalue weighted by Gasteiger charge is 2.51. The van der Waals surface area contributed by atoms with Crippen molar-refractivity contribution in [2.45, 2.75) is 56.8 Å². The minimum absolute atomic E-state index is 0.361. The second-order valence-electron chi connectivity index (χ2n) is 8.83. The van der Waals surface area contributed by atoms with E-state index in [-0.39, 0.29) is 0 Å². The average molecular weight is 509 g/mol. The second kappa shape index (κ2) is 14.4. The quantitative estimate of drug-likeness (QED) is 0.309. The molecule has 198 valence electrons. The van der Waals surface area contributed by atoms with Crippen molar-refractivity contribution in [2.75, 3.05) is 21.3 Å². The molecule has 3 aromatic rings. The highest BCUT2D eigenvalue weighted by atomic mass is 16.7. The molecular formula is C30H36O7. The van der Waals surface area contributed by atoms with Crippen LogP contribution in [0.25, 0.3) is 0 Å². The molecule has 0 spiro atoms. The lowest BCUT2D eigenvalue weighted by Crippen LogP contribution is -2.63. The van der Waals surface area contributed by atoms with Gasteiger partial charge in [-0.15, -0.1) is 0 Å². The van der Waals surface area contributed by atoms with Crippen molar-refractivity contribution in [2.24, 2.45) is 0 Å². The van der Waals surface area contributed by atoms with Crippen LogP contribution in [-0.4, -0.2) is 58.3 Å². The Morgan fingerprint density at radius 3 is 1.38 bits per heavy atom. The fourth-order valence-corrected chi connectivity index (χ4v) is 4.46. The number of benzene rings is 3. The first-order valence-corrected chi connectivity index (χ1v) is 12.4. The van der Waals surface area contributed by atoms with Gasteiger partial charge in [0.1, 0.15) is 24.4 Å². The second-order valence-corrected chi connectivity index (χ2v) is 8.83. The first kappa shape index (κ1) is 27.4. The number of ether oxygens (including phenoxy) is 7. The summed E-state index contributed by atoms with van der Waals surface area (Å²) in [5, 5.41) is 0. The van der Waals surface area contributed by atoms with Crippen molar-refractivity contribution >= 4 is 0 Å². The number of rotatable bonds is 13. The number of methoxy groups -OCH3 is 3. The zero-order valence-electron chi connectivity index (χ0n) is 21.6. The van der Waals surface area contributed by atoms with Crippen LogP contribution in [0.5, 0.6) is 0 Å². The van der Waals surface area contributed by atoms with Crippen LogP contribution < -0.4 is 0 Å². The standard InChI is InChI=1S/C30H36O7/c1-31-29(32-2)28-26(35-20-23-15-9-5-10-16-23)25(34-19-22-13-7-4-8-14-22)27(30(33-3)37-28)36-21-24-17-11-6-12-18-24/h4-18,25-30H,19-21H2,1-3H3/t25-,26-,27+,28-,30-/m0/s1. The summed E-state index contributed by atoms with van der Waals surface area (Å²) in [6.07, 6.45) is -3.72. The first-order chi connectivity index (χ1) is 18.2. The summed E-state index contributed by atoms with van der Waals surface area (Å²) in [4.78, 5) is 0. The normalized spacial score (nSPS) is 23.8. The van der Waals surface area contributed by atoms with E-state index in [9.17, 15) is 0 Å². The molecule has 0 N–H and O–H groups in total. The van der Waals surface area contributed by atoms with Gasteiger partial charge in [0.05, 0.1) is 19.8 Å². The molecule has 1 heterocycles. The summed E-state index contributed by atoms with van der Waals surface area (Å²) in [6, 6.07) is 30.0. The fourth-order valence-electron chi connectivity index (χ4n) is 4.46. The van der Waals surface area contributed by atoms with Gasteiger partial charge in [-0.05, 0) is 16.7 Å². The van der Waals surface area contributed by atoms with Crippen LogP contribution in [0.15, 0.2) is 91.0 Å².